The number of pyridine rings is 1. The van der Waals surface area contributed by atoms with Crippen molar-refractivity contribution in [3.05, 3.63) is 70.1 Å². The molecule has 26 heavy (non-hydrogen) atoms. The van der Waals surface area contributed by atoms with Crippen molar-refractivity contribution in [3.8, 4) is 11.3 Å². The molecule has 0 spiro atoms. The minimum atomic E-state index is -0.345. The number of aryl methyl sites for hydroxylation is 2. The second kappa shape index (κ2) is 7.31. The zero-order chi connectivity index (χ0) is 18.7. The molecule has 6 heteroatoms. The summed E-state index contributed by atoms with van der Waals surface area (Å²) in [5, 5.41) is 7.50. The molecule has 0 aliphatic rings. The minimum Gasteiger partial charge on any atom is -0.335 e. The summed E-state index contributed by atoms with van der Waals surface area (Å²) in [5.41, 5.74) is 2.27. The number of anilines is 2. The van der Waals surface area contributed by atoms with Crippen LogP contribution < -0.4 is 10.9 Å². The van der Waals surface area contributed by atoms with Crippen LogP contribution >= 0.6 is 0 Å². The van der Waals surface area contributed by atoms with Crippen molar-refractivity contribution in [2.45, 2.75) is 27.3 Å². The topological polar surface area (TPSA) is 76.9 Å². The summed E-state index contributed by atoms with van der Waals surface area (Å²) < 4.78 is 1.36. The molecule has 1 aromatic carbocycles. The number of aromatic nitrogens is 3. The van der Waals surface area contributed by atoms with Gasteiger partial charge >= 0.3 is 0 Å². The summed E-state index contributed by atoms with van der Waals surface area (Å²) in [4.78, 5) is 29.6. The maximum atomic E-state index is 12.9. The first kappa shape index (κ1) is 17.5. The average Bonchev–Trinajstić information content (AvgIpc) is 2.65. The van der Waals surface area contributed by atoms with Crippen LogP contribution in [0.15, 0.2) is 53.5 Å². The maximum Gasteiger partial charge on any atom is 0.291 e. The summed E-state index contributed by atoms with van der Waals surface area (Å²) in [6.45, 7) is 5.56. The summed E-state index contributed by atoms with van der Waals surface area (Å²) in [5.74, 6) is 0.313. The molecule has 2 aromatic heterocycles. The fourth-order valence-corrected chi connectivity index (χ4v) is 2.78. The SMILES string of the molecule is CCn1nc(-c2ccccc2)c(C(C)=O)c(Nc2ncccc2C)c1=O. The third kappa shape index (κ3) is 3.26. The fourth-order valence-electron chi connectivity index (χ4n) is 2.78. The number of ketones is 1. The molecule has 0 saturated carbocycles. The van der Waals surface area contributed by atoms with Gasteiger partial charge in [-0.05, 0) is 32.4 Å². The van der Waals surface area contributed by atoms with Crippen LogP contribution in [0.1, 0.15) is 29.8 Å². The van der Waals surface area contributed by atoms with Gasteiger partial charge in [0, 0.05) is 18.3 Å². The molecule has 3 aromatic rings. The number of nitrogens with one attached hydrogen (secondary N) is 1. The Morgan fingerprint density at radius 1 is 1.15 bits per heavy atom. The lowest BCUT2D eigenvalue weighted by Crippen LogP contribution is -2.28. The number of benzene rings is 1. The van der Waals surface area contributed by atoms with E-state index < -0.39 is 0 Å². The van der Waals surface area contributed by atoms with Gasteiger partial charge in [-0.2, -0.15) is 5.10 Å². The van der Waals surface area contributed by atoms with E-state index in [-0.39, 0.29) is 22.6 Å². The predicted octanol–water partition coefficient (Wildman–Crippen LogP) is 3.58. The van der Waals surface area contributed by atoms with E-state index in [4.69, 9.17) is 0 Å². The lowest BCUT2D eigenvalue weighted by Gasteiger charge is -2.16. The number of hydrogen-bond acceptors (Lipinski definition) is 5. The predicted molar refractivity (Wildman–Crippen MR) is 102 cm³/mol. The second-order valence-electron chi connectivity index (χ2n) is 5.94. The van der Waals surface area contributed by atoms with E-state index in [0.717, 1.165) is 11.1 Å². The van der Waals surface area contributed by atoms with Gasteiger partial charge in [0.25, 0.3) is 5.56 Å². The highest BCUT2D eigenvalue weighted by atomic mass is 16.1. The van der Waals surface area contributed by atoms with Crippen molar-refractivity contribution >= 4 is 17.3 Å². The lowest BCUT2D eigenvalue weighted by molar-refractivity contribution is 0.101. The molecule has 1 N–H and O–H groups in total. The first-order chi connectivity index (χ1) is 12.5. The molecule has 3 rings (SSSR count). The Hall–Kier alpha value is -3.28. The average molecular weight is 348 g/mol. The van der Waals surface area contributed by atoms with Gasteiger partial charge in [0.15, 0.2) is 5.78 Å². The van der Waals surface area contributed by atoms with E-state index in [1.165, 1.54) is 11.6 Å². The number of rotatable bonds is 5. The molecule has 0 aliphatic heterocycles. The Morgan fingerprint density at radius 3 is 2.50 bits per heavy atom. The van der Waals surface area contributed by atoms with Crippen molar-refractivity contribution in [3.63, 3.8) is 0 Å². The van der Waals surface area contributed by atoms with Crippen molar-refractivity contribution in [1.82, 2.24) is 14.8 Å². The van der Waals surface area contributed by atoms with Gasteiger partial charge < -0.3 is 5.32 Å². The lowest BCUT2D eigenvalue weighted by atomic mass is 10.0. The van der Waals surface area contributed by atoms with E-state index in [2.05, 4.69) is 15.4 Å². The van der Waals surface area contributed by atoms with Crippen LogP contribution in [-0.4, -0.2) is 20.5 Å². The fraction of sp³-hybridized carbons (Fsp3) is 0.200. The molecule has 0 atom stereocenters. The molecular formula is C20H20N4O2. The highest BCUT2D eigenvalue weighted by Gasteiger charge is 2.22. The number of Topliss-reactive ketones (excluding diaryl/α,β-unsaturated/α-hetero) is 1. The first-order valence-electron chi connectivity index (χ1n) is 8.43. The highest BCUT2D eigenvalue weighted by molar-refractivity contribution is 6.05. The van der Waals surface area contributed by atoms with Gasteiger partial charge in [-0.3, -0.25) is 9.59 Å². The molecule has 0 amide bonds. The monoisotopic (exact) mass is 348 g/mol. The van der Waals surface area contributed by atoms with Crippen LogP contribution in [0.25, 0.3) is 11.3 Å². The number of hydrogen-bond donors (Lipinski definition) is 1. The highest BCUT2D eigenvalue weighted by Crippen LogP contribution is 2.27. The molecular weight excluding hydrogens is 328 g/mol. The Bertz CT molecular complexity index is 1010. The second-order valence-corrected chi connectivity index (χ2v) is 5.94. The zero-order valence-electron chi connectivity index (χ0n) is 15.0. The quantitative estimate of drug-likeness (QED) is 0.713. The van der Waals surface area contributed by atoms with E-state index in [9.17, 15) is 9.59 Å². The van der Waals surface area contributed by atoms with Crippen LogP contribution in [-0.2, 0) is 6.54 Å². The summed E-state index contributed by atoms with van der Waals surface area (Å²) in [7, 11) is 0. The first-order valence-corrected chi connectivity index (χ1v) is 8.43. The number of carbonyl (C=O) groups is 1. The molecule has 0 fully saturated rings. The molecule has 0 bridgehead atoms. The minimum absolute atomic E-state index is 0.204. The van der Waals surface area contributed by atoms with Gasteiger partial charge in [0.2, 0.25) is 0 Å². The van der Waals surface area contributed by atoms with Gasteiger partial charge in [0.1, 0.15) is 17.2 Å². The van der Waals surface area contributed by atoms with Crippen molar-refractivity contribution < 1.29 is 4.79 Å². The van der Waals surface area contributed by atoms with Gasteiger partial charge in [-0.1, -0.05) is 36.4 Å². The van der Waals surface area contributed by atoms with E-state index in [1.807, 2.05) is 56.3 Å². The normalized spacial score (nSPS) is 10.6. The van der Waals surface area contributed by atoms with Crippen molar-refractivity contribution in [2.24, 2.45) is 0 Å². The third-order valence-electron chi connectivity index (χ3n) is 4.11. The largest absolute Gasteiger partial charge is 0.335 e. The van der Waals surface area contributed by atoms with E-state index in [1.54, 1.807) is 6.20 Å². The van der Waals surface area contributed by atoms with Crippen LogP contribution in [0.3, 0.4) is 0 Å². The molecule has 0 unspecified atom stereocenters. The van der Waals surface area contributed by atoms with Crippen molar-refractivity contribution in [2.75, 3.05) is 5.32 Å². The van der Waals surface area contributed by atoms with Gasteiger partial charge in [0.05, 0.1) is 5.56 Å². The number of nitrogens with zero attached hydrogens (tertiary/aromatic N) is 3. The molecule has 0 saturated heterocycles. The van der Waals surface area contributed by atoms with Crippen LogP contribution in [0, 0.1) is 6.92 Å². The molecule has 0 radical (unpaired) electrons. The Labute approximate surface area is 151 Å². The summed E-state index contributed by atoms with van der Waals surface area (Å²) in [6.07, 6.45) is 1.64. The number of carbonyl (C=O) groups excluding carboxylic acids is 1. The van der Waals surface area contributed by atoms with Crippen molar-refractivity contribution in [1.29, 1.82) is 0 Å². The van der Waals surface area contributed by atoms with Gasteiger partial charge in [-0.25, -0.2) is 9.67 Å². The molecule has 132 valence electrons. The van der Waals surface area contributed by atoms with E-state index in [0.29, 0.717) is 18.1 Å². The molecule has 2 heterocycles. The van der Waals surface area contributed by atoms with Crippen LogP contribution in [0.5, 0.6) is 0 Å². The standard InChI is InChI=1S/C20H20N4O2/c1-4-24-20(26)18(22-19-13(2)9-8-12-21-19)16(14(3)25)17(23-24)15-10-6-5-7-11-15/h5-12H,4H2,1-3H3,(H,21,22). The zero-order valence-corrected chi connectivity index (χ0v) is 15.0. The molecule has 0 aliphatic carbocycles. The van der Waals surface area contributed by atoms with Gasteiger partial charge in [-0.15, -0.1) is 0 Å². The summed E-state index contributed by atoms with van der Waals surface area (Å²) in [6, 6.07) is 13.1. The maximum absolute atomic E-state index is 12.9. The van der Waals surface area contributed by atoms with Crippen LogP contribution in [0.2, 0.25) is 0 Å². The Balaban J connectivity index is 2.30. The Kier molecular flexibility index (Phi) is 4.93. The third-order valence-corrected chi connectivity index (χ3v) is 4.11. The summed E-state index contributed by atoms with van der Waals surface area (Å²) >= 11 is 0. The molecule has 6 nitrogen and oxygen atoms in total. The Morgan fingerprint density at radius 2 is 1.88 bits per heavy atom. The smallest absolute Gasteiger partial charge is 0.291 e. The van der Waals surface area contributed by atoms with Crippen LogP contribution in [0.4, 0.5) is 11.5 Å². The van der Waals surface area contributed by atoms with E-state index >= 15 is 0 Å².